The van der Waals surface area contributed by atoms with Crippen LogP contribution in [0.5, 0.6) is 0 Å². The number of methoxy groups -OCH3 is 2. The van der Waals surface area contributed by atoms with Crippen molar-refractivity contribution in [2.75, 3.05) is 14.2 Å². The van der Waals surface area contributed by atoms with Crippen molar-refractivity contribution in [2.45, 2.75) is 25.4 Å². The summed E-state index contributed by atoms with van der Waals surface area (Å²) in [6.07, 6.45) is 1.10. The van der Waals surface area contributed by atoms with Crippen molar-refractivity contribution in [1.29, 1.82) is 0 Å². The van der Waals surface area contributed by atoms with E-state index in [1.165, 1.54) is 26.4 Å². The predicted octanol–water partition coefficient (Wildman–Crippen LogP) is 3.29. The van der Waals surface area contributed by atoms with Gasteiger partial charge in [-0.2, -0.15) is 0 Å². The summed E-state index contributed by atoms with van der Waals surface area (Å²) < 4.78 is 23.2. The molecule has 0 heterocycles. The number of carbonyl (C=O) groups is 1. The van der Waals surface area contributed by atoms with Gasteiger partial charge >= 0.3 is 5.97 Å². The van der Waals surface area contributed by atoms with Crippen LogP contribution in [0.1, 0.15) is 25.3 Å². The Hall–Kier alpha value is -1.13. The molecule has 0 spiro atoms. The van der Waals surface area contributed by atoms with Gasteiger partial charge < -0.3 is 9.47 Å². The largest absolute Gasteiger partial charge is 0.467 e. The number of hydrogen-bond donors (Lipinski definition) is 0. The van der Waals surface area contributed by atoms with Crippen LogP contribution in [0.15, 0.2) is 18.2 Å². The van der Waals surface area contributed by atoms with Crippen molar-refractivity contribution < 1.29 is 18.7 Å². The number of rotatable bonds is 5. The maximum absolute atomic E-state index is 13.1. The highest BCUT2D eigenvalue weighted by atomic mass is 35.5. The topological polar surface area (TPSA) is 35.5 Å². The van der Waals surface area contributed by atoms with E-state index in [2.05, 4.69) is 0 Å². The van der Waals surface area contributed by atoms with Crippen molar-refractivity contribution >= 4 is 17.6 Å². The van der Waals surface area contributed by atoms with E-state index >= 15 is 0 Å². The summed E-state index contributed by atoms with van der Waals surface area (Å²) in [4.78, 5) is 12.0. The molecule has 0 saturated carbocycles. The molecule has 5 heteroatoms. The van der Waals surface area contributed by atoms with Crippen LogP contribution in [0.4, 0.5) is 4.39 Å². The molecule has 0 amide bonds. The highest BCUT2D eigenvalue weighted by molar-refractivity contribution is 6.31. The lowest BCUT2D eigenvalue weighted by Gasteiger charge is -2.30. The summed E-state index contributed by atoms with van der Waals surface area (Å²) in [5, 5.41) is 0.149. The molecule has 18 heavy (non-hydrogen) atoms. The van der Waals surface area contributed by atoms with Gasteiger partial charge in [-0.15, -0.1) is 0 Å². The van der Waals surface area contributed by atoms with Gasteiger partial charge in [-0.3, -0.25) is 0 Å². The highest BCUT2D eigenvalue weighted by Gasteiger charge is 2.42. The second-order valence-corrected chi connectivity index (χ2v) is 4.30. The summed E-state index contributed by atoms with van der Waals surface area (Å²) in [5.74, 6) is -1.00. The summed E-state index contributed by atoms with van der Waals surface area (Å²) in [5.41, 5.74) is -0.865. The minimum atomic E-state index is -1.28. The fraction of sp³-hybridized carbons (Fsp3) is 0.462. The van der Waals surface area contributed by atoms with Crippen LogP contribution in [0.3, 0.4) is 0 Å². The molecule has 1 atom stereocenters. The SMILES string of the molecule is CCCC(OC)(C(=O)OC)c1ccc(F)cc1Cl. The van der Waals surface area contributed by atoms with Crippen LogP contribution in [0.2, 0.25) is 5.02 Å². The molecule has 1 unspecified atom stereocenters. The Morgan fingerprint density at radius 1 is 1.44 bits per heavy atom. The average Bonchev–Trinajstić information content (AvgIpc) is 2.35. The van der Waals surface area contributed by atoms with Gasteiger partial charge in [0, 0.05) is 12.7 Å². The number of esters is 1. The molecule has 0 aromatic heterocycles. The Labute approximate surface area is 111 Å². The monoisotopic (exact) mass is 274 g/mol. The molecule has 3 nitrogen and oxygen atoms in total. The fourth-order valence-corrected chi connectivity index (χ4v) is 2.30. The van der Waals surface area contributed by atoms with Gasteiger partial charge in [-0.25, -0.2) is 9.18 Å². The van der Waals surface area contributed by atoms with E-state index in [-0.39, 0.29) is 5.02 Å². The van der Waals surface area contributed by atoms with Crippen molar-refractivity contribution in [3.8, 4) is 0 Å². The molecule has 0 bridgehead atoms. The fourth-order valence-electron chi connectivity index (χ4n) is 1.98. The lowest BCUT2D eigenvalue weighted by Crippen LogP contribution is -2.39. The number of carbonyl (C=O) groups excluding carboxylic acids is 1. The quantitative estimate of drug-likeness (QED) is 0.773. The summed E-state index contributed by atoms with van der Waals surface area (Å²) >= 11 is 6.00. The van der Waals surface area contributed by atoms with Gasteiger partial charge in [0.25, 0.3) is 0 Å². The molecular weight excluding hydrogens is 259 g/mol. The van der Waals surface area contributed by atoms with Gasteiger partial charge in [0.1, 0.15) is 5.82 Å². The third-order valence-corrected chi connectivity index (χ3v) is 3.14. The number of hydrogen-bond acceptors (Lipinski definition) is 3. The molecule has 0 saturated heterocycles. The first-order valence-corrected chi connectivity index (χ1v) is 5.98. The minimum absolute atomic E-state index is 0.149. The van der Waals surface area contributed by atoms with Gasteiger partial charge in [-0.05, 0) is 18.6 Å². The molecule has 0 aliphatic carbocycles. The summed E-state index contributed by atoms with van der Waals surface area (Å²) in [6.45, 7) is 1.91. The first-order valence-electron chi connectivity index (χ1n) is 5.61. The zero-order valence-corrected chi connectivity index (χ0v) is 11.4. The first-order chi connectivity index (χ1) is 8.51. The molecule has 1 aromatic carbocycles. The van der Waals surface area contributed by atoms with Crippen LogP contribution >= 0.6 is 11.6 Å². The summed E-state index contributed by atoms with van der Waals surface area (Å²) in [7, 11) is 2.69. The Kier molecular flexibility index (Phi) is 5.11. The Balaban J connectivity index is 3.36. The van der Waals surface area contributed by atoms with Crippen molar-refractivity contribution in [1.82, 2.24) is 0 Å². The Bertz CT molecular complexity index is 436. The highest BCUT2D eigenvalue weighted by Crippen LogP contribution is 2.36. The maximum Gasteiger partial charge on any atom is 0.342 e. The molecule has 1 rings (SSSR count). The van der Waals surface area contributed by atoms with E-state index in [4.69, 9.17) is 21.1 Å². The van der Waals surface area contributed by atoms with E-state index in [0.717, 1.165) is 6.07 Å². The minimum Gasteiger partial charge on any atom is -0.467 e. The molecule has 0 fully saturated rings. The van der Waals surface area contributed by atoms with Gasteiger partial charge in [0.05, 0.1) is 12.1 Å². The summed E-state index contributed by atoms with van der Waals surface area (Å²) in [6, 6.07) is 3.85. The lowest BCUT2D eigenvalue weighted by molar-refractivity contribution is -0.168. The van der Waals surface area contributed by atoms with Crippen molar-refractivity contribution in [2.24, 2.45) is 0 Å². The third kappa shape index (κ3) is 2.65. The van der Waals surface area contributed by atoms with E-state index < -0.39 is 17.4 Å². The molecular formula is C13H16ClFO3. The van der Waals surface area contributed by atoms with Gasteiger partial charge in [-0.1, -0.05) is 31.0 Å². The predicted molar refractivity (Wildman–Crippen MR) is 67.0 cm³/mol. The van der Waals surface area contributed by atoms with Gasteiger partial charge in [0.15, 0.2) is 5.60 Å². The molecule has 0 aliphatic heterocycles. The van der Waals surface area contributed by atoms with E-state index in [1.54, 1.807) is 0 Å². The molecule has 0 N–H and O–H groups in total. The lowest BCUT2D eigenvalue weighted by atomic mass is 9.89. The second kappa shape index (κ2) is 6.16. The molecule has 0 aliphatic rings. The smallest absolute Gasteiger partial charge is 0.342 e. The van der Waals surface area contributed by atoms with Crippen LogP contribution in [-0.4, -0.2) is 20.2 Å². The van der Waals surface area contributed by atoms with Crippen LogP contribution < -0.4 is 0 Å². The van der Waals surface area contributed by atoms with Crippen LogP contribution in [0, 0.1) is 5.82 Å². The first kappa shape index (κ1) is 14.9. The molecule has 100 valence electrons. The van der Waals surface area contributed by atoms with E-state index in [0.29, 0.717) is 18.4 Å². The third-order valence-electron chi connectivity index (χ3n) is 2.83. The zero-order chi connectivity index (χ0) is 13.8. The zero-order valence-electron chi connectivity index (χ0n) is 10.6. The van der Waals surface area contributed by atoms with E-state index in [9.17, 15) is 9.18 Å². The second-order valence-electron chi connectivity index (χ2n) is 3.90. The average molecular weight is 275 g/mol. The molecule has 1 aromatic rings. The Morgan fingerprint density at radius 3 is 2.56 bits per heavy atom. The number of halogens is 2. The number of ether oxygens (including phenoxy) is 2. The van der Waals surface area contributed by atoms with Crippen molar-refractivity contribution in [3.05, 3.63) is 34.6 Å². The van der Waals surface area contributed by atoms with Gasteiger partial charge in [0.2, 0.25) is 0 Å². The Morgan fingerprint density at radius 2 is 2.11 bits per heavy atom. The van der Waals surface area contributed by atoms with Crippen molar-refractivity contribution in [3.63, 3.8) is 0 Å². The number of benzene rings is 1. The normalized spacial score (nSPS) is 14.1. The maximum atomic E-state index is 13.1. The van der Waals surface area contributed by atoms with Crippen LogP contribution in [-0.2, 0) is 19.9 Å². The molecule has 0 radical (unpaired) electrons. The van der Waals surface area contributed by atoms with E-state index in [1.807, 2.05) is 6.92 Å². The standard InChI is InChI=1S/C13H16ClFO3/c1-4-7-13(18-3,12(16)17-2)10-6-5-9(15)8-11(10)14/h5-6,8H,4,7H2,1-3H3. The van der Waals surface area contributed by atoms with Crippen LogP contribution in [0.25, 0.3) is 0 Å².